The third-order valence-electron chi connectivity index (χ3n) is 9.14. The maximum atomic E-state index is 13.6. The predicted octanol–water partition coefficient (Wildman–Crippen LogP) is 3.86. The summed E-state index contributed by atoms with van der Waals surface area (Å²) >= 11 is 0.853. The van der Waals surface area contributed by atoms with Gasteiger partial charge in [-0.1, -0.05) is 24.0 Å². The van der Waals surface area contributed by atoms with Gasteiger partial charge >= 0.3 is 18.0 Å². The highest BCUT2D eigenvalue weighted by atomic mass is 32.1. The molecule has 1 fully saturated rings. The molecule has 2 atom stereocenters. The number of benzene rings is 1. The van der Waals surface area contributed by atoms with Gasteiger partial charge in [-0.05, 0) is 37.5 Å². The molecule has 2 aliphatic heterocycles. The van der Waals surface area contributed by atoms with Crippen molar-refractivity contribution in [2.75, 3.05) is 42.4 Å². The molecule has 6 rings (SSSR count). The lowest BCUT2D eigenvalue weighted by Gasteiger charge is -2.31. The lowest BCUT2D eigenvalue weighted by molar-refractivity contribution is -0.116. The summed E-state index contributed by atoms with van der Waals surface area (Å²) in [4.78, 5) is 82.8. The number of fused-ring (bicyclic) bond motifs is 2. The molecule has 4 aromatic rings. The lowest BCUT2D eigenvalue weighted by atomic mass is 10.1. The van der Waals surface area contributed by atoms with E-state index in [-0.39, 0.29) is 88.6 Å². The van der Waals surface area contributed by atoms with Crippen molar-refractivity contribution >= 4 is 64.2 Å². The average Bonchev–Trinajstić information content (AvgIpc) is 3.99. The average molecular weight is 806 g/mol. The van der Waals surface area contributed by atoms with Crippen LogP contribution in [-0.2, 0) is 23.6 Å². The highest BCUT2D eigenvalue weighted by molar-refractivity contribution is 7.11. The van der Waals surface area contributed by atoms with Gasteiger partial charge in [0.15, 0.2) is 23.4 Å². The standard InChI is InChI=1S/C37H39N7O12S/c1-5-11-55-37(52)44-25-16-29(28(53-4)15-22(25)32(47)43-10-6-8-24(43)33(44)48)54-12-7-9-30(45)38-20-13-26(41(2)17-20)31(46)39-21-14-27(42(3)18-21)35(51)56-36-40-23(19-57-36)34(49)50/h5,13-19,24,33,48H,1,6-12H2,2-4H3,(H,38,45)(H,39,46)(H,49,50)/t24-,33?/m0/s1. The Balaban J connectivity index is 1.05. The number of nitrogens with one attached hydrogen (secondary N) is 2. The van der Waals surface area contributed by atoms with Crippen LogP contribution in [0.15, 0.2) is 54.7 Å². The largest absolute Gasteiger partial charge is 0.493 e. The molecule has 4 amide bonds. The van der Waals surface area contributed by atoms with Gasteiger partial charge in [-0.2, -0.15) is 4.98 Å². The Kier molecular flexibility index (Phi) is 11.9. The van der Waals surface area contributed by atoms with Crippen LogP contribution in [0.1, 0.15) is 67.5 Å². The van der Waals surface area contributed by atoms with Crippen LogP contribution in [0.3, 0.4) is 0 Å². The van der Waals surface area contributed by atoms with Crippen LogP contribution in [0.4, 0.5) is 21.9 Å². The Morgan fingerprint density at radius 1 is 1.04 bits per heavy atom. The number of carboxylic acids is 1. The van der Waals surface area contributed by atoms with Crippen molar-refractivity contribution < 1.29 is 57.9 Å². The first-order valence-corrected chi connectivity index (χ1v) is 18.4. The number of hydrogen-bond acceptors (Lipinski definition) is 13. The van der Waals surface area contributed by atoms with Crippen LogP contribution >= 0.6 is 11.3 Å². The number of aliphatic hydroxyl groups is 1. The fraction of sp³-hybridized carbons (Fsp3) is 0.324. The molecular weight excluding hydrogens is 767 g/mol. The number of esters is 1. The van der Waals surface area contributed by atoms with Crippen molar-refractivity contribution in [3.63, 3.8) is 0 Å². The number of methoxy groups -OCH3 is 1. The number of ether oxygens (including phenoxy) is 4. The Hall–Kier alpha value is -6.67. The molecule has 1 saturated heterocycles. The minimum absolute atomic E-state index is 0.0268. The number of carboxylic acid groups (broad SMARTS) is 1. The molecule has 1 aromatic carbocycles. The molecule has 57 heavy (non-hydrogen) atoms. The second kappa shape index (κ2) is 17.0. The van der Waals surface area contributed by atoms with Gasteiger partial charge in [0.2, 0.25) is 5.91 Å². The van der Waals surface area contributed by atoms with Crippen LogP contribution < -0.4 is 29.7 Å². The molecule has 3 aromatic heterocycles. The zero-order valence-corrected chi connectivity index (χ0v) is 31.9. The van der Waals surface area contributed by atoms with E-state index in [1.54, 1.807) is 20.3 Å². The van der Waals surface area contributed by atoms with Gasteiger partial charge in [-0.25, -0.2) is 19.3 Å². The number of rotatable bonds is 14. The number of nitrogens with zero attached hydrogens (tertiary/aromatic N) is 5. The number of amides is 4. The summed E-state index contributed by atoms with van der Waals surface area (Å²) in [6.07, 6.45) is 3.64. The third kappa shape index (κ3) is 8.60. The van der Waals surface area contributed by atoms with Crippen molar-refractivity contribution in [1.82, 2.24) is 19.0 Å². The van der Waals surface area contributed by atoms with Crippen LogP contribution in [-0.4, -0.2) is 104 Å². The minimum Gasteiger partial charge on any atom is -0.493 e. The quantitative estimate of drug-likeness (QED) is 0.0807. The van der Waals surface area contributed by atoms with Crippen molar-refractivity contribution in [2.45, 2.75) is 38.0 Å². The van der Waals surface area contributed by atoms with Crippen LogP contribution in [0.2, 0.25) is 0 Å². The number of aromatic nitrogens is 3. The molecule has 0 saturated carbocycles. The first kappa shape index (κ1) is 40.0. The number of aromatic carboxylic acids is 1. The molecule has 4 N–H and O–H groups in total. The summed E-state index contributed by atoms with van der Waals surface area (Å²) in [7, 11) is 4.59. The van der Waals surface area contributed by atoms with Crippen LogP contribution in [0.5, 0.6) is 16.7 Å². The minimum atomic E-state index is -1.38. The SMILES string of the molecule is C=CCOC(=O)N1c2cc(OCCCC(=O)Nc3cc(C(=O)Nc4cc(C(=O)Oc5nc(C(=O)O)cs5)n(C)c4)n(C)c3)c(OC)cc2C(=O)N2CCC[C@H]2C1O. The number of thiazole rings is 1. The topological polar surface area (TPSA) is 233 Å². The highest BCUT2D eigenvalue weighted by Gasteiger charge is 2.45. The molecule has 0 radical (unpaired) electrons. The number of carbonyl (C=O) groups excluding carboxylic acids is 5. The summed E-state index contributed by atoms with van der Waals surface area (Å²) < 4.78 is 24.9. The molecular formula is C37H39N7O12S. The van der Waals surface area contributed by atoms with Crippen molar-refractivity contribution in [3.05, 3.63) is 77.3 Å². The van der Waals surface area contributed by atoms with Crippen molar-refractivity contribution in [1.29, 1.82) is 0 Å². The fourth-order valence-electron chi connectivity index (χ4n) is 6.48. The van der Waals surface area contributed by atoms with E-state index in [2.05, 4.69) is 22.2 Å². The van der Waals surface area contributed by atoms with E-state index in [0.717, 1.165) is 16.2 Å². The number of carbonyl (C=O) groups is 6. The van der Waals surface area contributed by atoms with Gasteiger partial charge in [0, 0.05) is 50.9 Å². The summed E-state index contributed by atoms with van der Waals surface area (Å²) in [5.41, 5.74) is 0.876. The fourth-order valence-corrected chi connectivity index (χ4v) is 7.12. The zero-order chi connectivity index (χ0) is 41.0. The normalized spacial score (nSPS) is 15.9. The second-order valence-corrected chi connectivity index (χ2v) is 13.8. The van der Waals surface area contributed by atoms with E-state index in [1.807, 2.05) is 0 Å². The number of aryl methyl sites for hydroxylation is 2. The Bertz CT molecular complexity index is 2240. The Morgan fingerprint density at radius 3 is 2.46 bits per heavy atom. The van der Waals surface area contributed by atoms with E-state index in [4.69, 9.17) is 24.1 Å². The summed E-state index contributed by atoms with van der Waals surface area (Å²) in [6, 6.07) is 5.14. The smallest absolute Gasteiger partial charge is 0.416 e. The number of aliphatic hydroxyl groups excluding tert-OH is 1. The van der Waals surface area contributed by atoms with Gasteiger partial charge in [-0.15, -0.1) is 0 Å². The van der Waals surface area contributed by atoms with E-state index in [0.29, 0.717) is 25.1 Å². The molecule has 2 aliphatic rings. The van der Waals surface area contributed by atoms with E-state index >= 15 is 0 Å². The first-order valence-electron chi connectivity index (χ1n) is 17.5. The molecule has 300 valence electrons. The van der Waals surface area contributed by atoms with Gasteiger partial charge in [0.05, 0.1) is 42.4 Å². The Labute approximate surface area is 329 Å². The zero-order valence-electron chi connectivity index (χ0n) is 31.1. The number of anilines is 3. The van der Waals surface area contributed by atoms with Crippen molar-refractivity contribution in [2.24, 2.45) is 14.1 Å². The molecule has 1 unspecified atom stereocenters. The van der Waals surface area contributed by atoms with Gasteiger partial charge in [-0.3, -0.25) is 14.4 Å². The van der Waals surface area contributed by atoms with Gasteiger partial charge in [0.25, 0.3) is 17.0 Å². The lowest BCUT2D eigenvalue weighted by Crippen LogP contribution is -2.50. The molecule has 0 spiro atoms. The summed E-state index contributed by atoms with van der Waals surface area (Å²) in [6.45, 7) is 3.91. The first-order chi connectivity index (χ1) is 27.3. The third-order valence-corrected chi connectivity index (χ3v) is 9.86. The summed E-state index contributed by atoms with van der Waals surface area (Å²) in [5.74, 6) is -2.93. The van der Waals surface area contributed by atoms with Crippen molar-refractivity contribution in [3.8, 4) is 16.7 Å². The van der Waals surface area contributed by atoms with Gasteiger partial charge < -0.3 is 53.8 Å². The predicted molar refractivity (Wildman–Crippen MR) is 203 cm³/mol. The number of hydrogen-bond donors (Lipinski definition) is 4. The van der Waals surface area contributed by atoms with E-state index < -0.39 is 36.2 Å². The highest BCUT2D eigenvalue weighted by Crippen LogP contribution is 2.41. The Morgan fingerprint density at radius 2 is 1.75 bits per heavy atom. The summed E-state index contributed by atoms with van der Waals surface area (Å²) in [5, 5.41) is 26.9. The molecule has 20 heteroatoms. The maximum Gasteiger partial charge on any atom is 0.416 e. The molecule has 0 bridgehead atoms. The second-order valence-electron chi connectivity index (χ2n) is 13.0. The van der Waals surface area contributed by atoms with E-state index in [1.165, 1.54) is 63.1 Å². The molecule has 19 nitrogen and oxygen atoms in total. The molecule has 5 heterocycles. The molecule has 0 aliphatic carbocycles. The van der Waals surface area contributed by atoms with Crippen LogP contribution in [0.25, 0.3) is 0 Å². The van der Waals surface area contributed by atoms with E-state index in [9.17, 15) is 33.9 Å². The monoisotopic (exact) mass is 805 g/mol. The maximum absolute atomic E-state index is 13.6. The van der Waals surface area contributed by atoms with Gasteiger partial charge in [0.1, 0.15) is 18.0 Å². The van der Waals surface area contributed by atoms with Crippen LogP contribution in [0, 0.1) is 0 Å².